The standard InChI is InChI=1S/C15H14N2O5/c1-22-15(18)13(16-19)9-8-11-7-6-10-4-2-3-5-12(10)14(11)17(20)21/h2-7,19H,8-9H2,1H3. The van der Waals surface area contributed by atoms with E-state index in [0.717, 1.165) is 5.39 Å². The van der Waals surface area contributed by atoms with Crippen LogP contribution in [0.5, 0.6) is 0 Å². The highest BCUT2D eigenvalue weighted by Crippen LogP contribution is 2.30. The van der Waals surface area contributed by atoms with Crippen molar-refractivity contribution in [2.45, 2.75) is 12.8 Å². The molecule has 2 aromatic carbocycles. The first kappa shape index (κ1) is 15.4. The van der Waals surface area contributed by atoms with Crippen molar-refractivity contribution in [1.82, 2.24) is 0 Å². The third-order valence-electron chi connectivity index (χ3n) is 3.34. The Bertz CT molecular complexity index is 755. The van der Waals surface area contributed by atoms with E-state index in [9.17, 15) is 14.9 Å². The van der Waals surface area contributed by atoms with E-state index < -0.39 is 10.9 Å². The number of rotatable bonds is 5. The fraction of sp³-hybridized carbons (Fsp3) is 0.200. The molecule has 0 bridgehead atoms. The van der Waals surface area contributed by atoms with Crippen LogP contribution in [0.15, 0.2) is 41.6 Å². The van der Waals surface area contributed by atoms with E-state index in [4.69, 9.17) is 5.21 Å². The zero-order chi connectivity index (χ0) is 16.1. The molecule has 1 N–H and O–H groups in total. The summed E-state index contributed by atoms with van der Waals surface area (Å²) in [6, 6.07) is 10.4. The topological polar surface area (TPSA) is 102 Å². The van der Waals surface area contributed by atoms with Gasteiger partial charge in [-0.1, -0.05) is 35.5 Å². The zero-order valence-corrected chi connectivity index (χ0v) is 11.9. The number of nitrogens with zero attached hydrogens (tertiary/aromatic N) is 2. The number of methoxy groups -OCH3 is 1. The lowest BCUT2D eigenvalue weighted by Gasteiger charge is -2.07. The molecular formula is C15H14N2O5. The summed E-state index contributed by atoms with van der Waals surface area (Å²) in [4.78, 5) is 22.3. The fourth-order valence-electron chi connectivity index (χ4n) is 2.28. The van der Waals surface area contributed by atoms with E-state index in [2.05, 4.69) is 9.89 Å². The average Bonchev–Trinajstić information content (AvgIpc) is 2.54. The maximum atomic E-state index is 11.4. The number of benzene rings is 2. The molecule has 22 heavy (non-hydrogen) atoms. The molecule has 7 heteroatoms. The fourth-order valence-corrected chi connectivity index (χ4v) is 2.28. The van der Waals surface area contributed by atoms with Crippen LogP contribution in [0.4, 0.5) is 5.69 Å². The molecule has 0 aliphatic carbocycles. The molecule has 2 aromatic rings. The predicted octanol–water partition coefficient (Wildman–Crippen LogP) is 2.68. The molecule has 0 aliphatic rings. The van der Waals surface area contributed by atoms with Crippen molar-refractivity contribution < 1.29 is 19.7 Å². The average molecular weight is 302 g/mol. The number of aryl methyl sites for hydroxylation is 1. The number of hydrogen-bond acceptors (Lipinski definition) is 6. The lowest BCUT2D eigenvalue weighted by molar-refractivity contribution is -0.383. The van der Waals surface area contributed by atoms with Gasteiger partial charge in [-0.25, -0.2) is 4.79 Å². The minimum Gasteiger partial charge on any atom is -0.464 e. The molecule has 0 unspecified atom stereocenters. The van der Waals surface area contributed by atoms with Crippen molar-refractivity contribution >= 4 is 28.1 Å². The van der Waals surface area contributed by atoms with E-state index in [1.807, 2.05) is 0 Å². The van der Waals surface area contributed by atoms with Gasteiger partial charge in [0.05, 0.1) is 17.4 Å². The molecule has 0 saturated carbocycles. The van der Waals surface area contributed by atoms with Crippen LogP contribution >= 0.6 is 0 Å². The van der Waals surface area contributed by atoms with E-state index >= 15 is 0 Å². The van der Waals surface area contributed by atoms with Crippen LogP contribution in [0.2, 0.25) is 0 Å². The monoisotopic (exact) mass is 302 g/mol. The second kappa shape index (κ2) is 6.66. The summed E-state index contributed by atoms with van der Waals surface area (Å²) >= 11 is 0. The molecule has 0 radical (unpaired) electrons. The SMILES string of the molecule is COC(=O)C(CCc1ccc2ccccc2c1[N+](=O)[O-])=NO. The van der Waals surface area contributed by atoms with Gasteiger partial charge in [-0.3, -0.25) is 10.1 Å². The summed E-state index contributed by atoms with van der Waals surface area (Å²) in [5.74, 6) is -0.758. The molecule has 0 aliphatic heterocycles. The van der Waals surface area contributed by atoms with E-state index in [0.29, 0.717) is 10.9 Å². The summed E-state index contributed by atoms with van der Waals surface area (Å²) in [5, 5.41) is 24.4. The van der Waals surface area contributed by atoms with Crippen molar-refractivity contribution in [1.29, 1.82) is 0 Å². The maximum Gasteiger partial charge on any atom is 0.355 e. The van der Waals surface area contributed by atoms with Crippen LogP contribution < -0.4 is 0 Å². The summed E-state index contributed by atoms with van der Waals surface area (Å²) in [6.45, 7) is 0. The van der Waals surface area contributed by atoms with Gasteiger partial charge in [-0.05, 0) is 17.9 Å². The van der Waals surface area contributed by atoms with Crippen molar-refractivity contribution in [2.24, 2.45) is 5.16 Å². The highest BCUT2D eigenvalue weighted by molar-refractivity contribution is 6.36. The van der Waals surface area contributed by atoms with Crippen LogP contribution in [-0.2, 0) is 16.0 Å². The Hall–Kier alpha value is -2.96. The number of fused-ring (bicyclic) bond motifs is 1. The highest BCUT2D eigenvalue weighted by Gasteiger charge is 2.20. The van der Waals surface area contributed by atoms with Crippen LogP contribution in [-0.4, -0.2) is 28.9 Å². The molecule has 0 amide bonds. The molecule has 0 heterocycles. The molecule has 0 fully saturated rings. The Morgan fingerprint density at radius 3 is 2.68 bits per heavy atom. The van der Waals surface area contributed by atoms with Crippen LogP contribution in [0, 0.1) is 10.1 Å². The number of nitro benzene ring substituents is 1. The summed E-state index contributed by atoms with van der Waals surface area (Å²) in [5.41, 5.74) is 0.291. The number of nitro groups is 1. The van der Waals surface area contributed by atoms with Gasteiger partial charge in [-0.15, -0.1) is 0 Å². The molecule has 0 aromatic heterocycles. The molecular weight excluding hydrogens is 288 g/mol. The van der Waals surface area contributed by atoms with E-state index in [1.54, 1.807) is 36.4 Å². The zero-order valence-electron chi connectivity index (χ0n) is 11.9. The lowest BCUT2D eigenvalue weighted by atomic mass is 10.00. The molecule has 7 nitrogen and oxygen atoms in total. The minimum atomic E-state index is -0.758. The van der Waals surface area contributed by atoms with Crippen molar-refractivity contribution in [2.75, 3.05) is 7.11 Å². The van der Waals surface area contributed by atoms with Crippen LogP contribution in [0.25, 0.3) is 10.8 Å². The molecule has 2 rings (SSSR count). The van der Waals surface area contributed by atoms with Crippen LogP contribution in [0.1, 0.15) is 12.0 Å². The number of hydrogen-bond donors (Lipinski definition) is 1. The van der Waals surface area contributed by atoms with Gasteiger partial charge in [0, 0.05) is 12.0 Å². The first-order valence-electron chi connectivity index (χ1n) is 6.52. The van der Waals surface area contributed by atoms with Gasteiger partial charge in [0.1, 0.15) is 0 Å². The third kappa shape index (κ3) is 3.03. The van der Waals surface area contributed by atoms with Gasteiger partial charge < -0.3 is 9.94 Å². The number of oxime groups is 1. The van der Waals surface area contributed by atoms with Gasteiger partial charge in [0.25, 0.3) is 5.69 Å². The molecule has 114 valence electrons. The number of carbonyl (C=O) groups is 1. The van der Waals surface area contributed by atoms with Crippen molar-refractivity contribution in [3.8, 4) is 0 Å². The smallest absolute Gasteiger partial charge is 0.355 e. The Balaban J connectivity index is 2.37. The van der Waals surface area contributed by atoms with Gasteiger partial charge in [0.15, 0.2) is 5.71 Å². The first-order valence-corrected chi connectivity index (χ1v) is 6.52. The summed E-state index contributed by atoms with van der Waals surface area (Å²) in [6.07, 6.45) is 0.234. The Labute approximate surface area is 126 Å². The Morgan fingerprint density at radius 1 is 1.32 bits per heavy atom. The maximum absolute atomic E-state index is 11.4. The van der Waals surface area contributed by atoms with Crippen molar-refractivity contribution in [3.63, 3.8) is 0 Å². The van der Waals surface area contributed by atoms with E-state index in [-0.39, 0.29) is 24.2 Å². The lowest BCUT2D eigenvalue weighted by Crippen LogP contribution is -2.16. The van der Waals surface area contributed by atoms with Gasteiger partial charge in [0.2, 0.25) is 0 Å². The second-order valence-electron chi connectivity index (χ2n) is 4.59. The third-order valence-corrected chi connectivity index (χ3v) is 3.34. The number of carbonyl (C=O) groups excluding carboxylic acids is 1. The summed E-state index contributed by atoms with van der Waals surface area (Å²) < 4.78 is 4.48. The largest absolute Gasteiger partial charge is 0.464 e. The van der Waals surface area contributed by atoms with Crippen LogP contribution in [0.3, 0.4) is 0 Å². The highest BCUT2D eigenvalue weighted by atomic mass is 16.6. The first-order chi connectivity index (χ1) is 10.6. The quantitative estimate of drug-likeness (QED) is 0.301. The van der Waals surface area contributed by atoms with Gasteiger partial charge in [-0.2, -0.15) is 0 Å². The van der Waals surface area contributed by atoms with E-state index in [1.165, 1.54) is 7.11 Å². The number of ether oxygens (including phenoxy) is 1. The Morgan fingerprint density at radius 2 is 2.05 bits per heavy atom. The predicted molar refractivity (Wildman–Crippen MR) is 80.2 cm³/mol. The minimum absolute atomic E-state index is 0.000237. The van der Waals surface area contributed by atoms with Gasteiger partial charge >= 0.3 is 5.97 Å². The second-order valence-corrected chi connectivity index (χ2v) is 4.59. The molecule has 0 atom stereocenters. The molecule has 0 spiro atoms. The number of esters is 1. The Kier molecular flexibility index (Phi) is 4.67. The van der Waals surface area contributed by atoms with Crippen molar-refractivity contribution in [3.05, 3.63) is 52.1 Å². The molecule has 0 saturated heterocycles. The summed E-state index contributed by atoms with van der Waals surface area (Å²) in [7, 11) is 1.17. The normalized spacial score (nSPS) is 11.4.